The molecule has 1 heterocycles. The quantitative estimate of drug-likeness (QED) is 0.837. The Kier molecular flexibility index (Phi) is 2.49. The van der Waals surface area contributed by atoms with E-state index in [9.17, 15) is 5.11 Å². The number of hydrogen-bond acceptors (Lipinski definition) is 2. The molecule has 1 spiro atoms. The molecule has 2 aliphatic rings. The molecular formula is C14H19NO. The molecule has 1 aromatic rings. The summed E-state index contributed by atoms with van der Waals surface area (Å²) in [5, 5.41) is 9.28. The van der Waals surface area contributed by atoms with Crippen LogP contribution < -0.4 is 0 Å². The molecule has 0 amide bonds. The highest BCUT2D eigenvalue weighted by atomic mass is 16.3. The topological polar surface area (TPSA) is 23.5 Å². The minimum absolute atomic E-state index is 0.354. The van der Waals surface area contributed by atoms with Gasteiger partial charge in [0.25, 0.3) is 0 Å². The Bertz CT molecular complexity index is 358. The lowest BCUT2D eigenvalue weighted by molar-refractivity contribution is 0.206. The Morgan fingerprint density at radius 1 is 1.25 bits per heavy atom. The molecule has 1 unspecified atom stereocenters. The summed E-state index contributed by atoms with van der Waals surface area (Å²) in [4.78, 5) is 2.59. The number of likely N-dealkylation sites (tertiary alicyclic amines) is 1. The maximum Gasteiger partial charge on any atom is 0.0472 e. The molecule has 3 rings (SSSR count). The molecule has 0 aromatic heterocycles. The molecule has 16 heavy (non-hydrogen) atoms. The lowest BCUT2D eigenvalue weighted by Crippen LogP contribution is -2.30. The van der Waals surface area contributed by atoms with E-state index in [2.05, 4.69) is 35.2 Å². The molecule has 0 bridgehead atoms. The van der Waals surface area contributed by atoms with Gasteiger partial charge in [0.15, 0.2) is 0 Å². The normalized spacial score (nSPS) is 27.4. The molecule has 1 aromatic carbocycles. The lowest BCUT2D eigenvalue weighted by Gasteiger charge is -2.23. The van der Waals surface area contributed by atoms with E-state index in [1.165, 1.54) is 24.8 Å². The molecular weight excluding hydrogens is 198 g/mol. The first kappa shape index (κ1) is 10.3. The van der Waals surface area contributed by atoms with E-state index in [0.717, 1.165) is 13.1 Å². The second-order valence-corrected chi connectivity index (χ2v) is 5.34. The van der Waals surface area contributed by atoms with Crippen molar-refractivity contribution in [1.82, 2.24) is 4.90 Å². The molecule has 1 aliphatic heterocycles. The Morgan fingerprint density at radius 2 is 2.00 bits per heavy atom. The third-order valence-electron chi connectivity index (χ3n) is 4.12. The largest absolute Gasteiger partial charge is 0.396 e. The summed E-state index contributed by atoms with van der Waals surface area (Å²) in [5.74, 6) is 0.506. The molecule has 2 heteroatoms. The molecule has 1 saturated carbocycles. The Labute approximate surface area is 96.9 Å². The molecule has 1 atom stereocenters. The van der Waals surface area contributed by atoms with E-state index in [1.807, 2.05) is 0 Å². The van der Waals surface area contributed by atoms with Gasteiger partial charge in [-0.25, -0.2) is 0 Å². The summed E-state index contributed by atoms with van der Waals surface area (Å²) in [7, 11) is 0. The van der Waals surface area contributed by atoms with Crippen LogP contribution in [0.4, 0.5) is 0 Å². The zero-order valence-electron chi connectivity index (χ0n) is 9.60. The molecule has 1 saturated heterocycles. The van der Waals surface area contributed by atoms with Crippen molar-refractivity contribution in [2.24, 2.45) is 5.92 Å². The predicted octanol–water partition coefficient (Wildman–Crippen LogP) is 2.03. The number of hydrogen-bond donors (Lipinski definition) is 1. The van der Waals surface area contributed by atoms with Crippen molar-refractivity contribution in [3.8, 4) is 0 Å². The summed E-state index contributed by atoms with van der Waals surface area (Å²) in [6.45, 7) is 2.48. The van der Waals surface area contributed by atoms with Crippen LogP contribution in [0.3, 0.4) is 0 Å². The van der Waals surface area contributed by atoms with Gasteiger partial charge in [-0.3, -0.25) is 4.90 Å². The highest BCUT2D eigenvalue weighted by Gasteiger charge is 2.53. The van der Waals surface area contributed by atoms with Gasteiger partial charge in [0, 0.05) is 25.2 Å². The van der Waals surface area contributed by atoms with Crippen molar-refractivity contribution >= 4 is 0 Å². The van der Waals surface area contributed by atoms with Crippen molar-refractivity contribution in [1.29, 1.82) is 0 Å². The zero-order chi connectivity index (χ0) is 11.0. The van der Waals surface area contributed by atoms with Crippen molar-refractivity contribution in [2.45, 2.75) is 31.3 Å². The van der Waals surface area contributed by atoms with Crippen LogP contribution in [0.5, 0.6) is 0 Å². The van der Waals surface area contributed by atoms with E-state index >= 15 is 0 Å². The summed E-state index contributed by atoms with van der Waals surface area (Å²) >= 11 is 0. The first-order valence-corrected chi connectivity index (χ1v) is 6.22. The Hall–Kier alpha value is -0.860. The molecule has 86 valence electrons. The van der Waals surface area contributed by atoms with Crippen molar-refractivity contribution in [3.05, 3.63) is 35.9 Å². The van der Waals surface area contributed by atoms with Gasteiger partial charge in [-0.1, -0.05) is 30.3 Å². The van der Waals surface area contributed by atoms with Gasteiger partial charge >= 0.3 is 0 Å². The summed E-state index contributed by atoms with van der Waals surface area (Å²) < 4.78 is 0. The van der Waals surface area contributed by atoms with Gasteiger partial charge in [0.1, 0.15) is 0 Å². The summed E-state index contributed by atoms with van der Waals surface area (Å²) in [6, 6.07) is 10.7. The zero-order valence-corrected chi connectivity index (χ0v) is 9.60. The van der Waals surface area contributed by atoms with Crippen LogP contribution in [0.25, 0.3) is 0 Å². The first-order chi connectivity index (χ1) is 7.82. The molecule has 2 nitrogen and oxygen atoms in total. The van der Waals surface area contributed by atoms with E-state index in [-0.39, 0.29) is 0 Å². The minimum Gasteiger partial charge on any atom is -0.396 e. The molecule has 2 fully saturated rings. The standard InChI is InChI=1S/C14H19NO/c16-11-13-8-14(6-7-14)15(10-13)9-12-4-2-1-3-5-12/h1-5,13,16H,6-11H2. The highest BCUT2D eigenvalue weighted by molar-refractivity contribution is 5.18. The smallest absolute Gasteiger partial charge is 0.0472 e. The second kappa shape index (κ2) is 3.86. The average molecular weight is 217 g/mol. The van der Waals surface area contributed by atoms with Crippen LogP contribution in [-0.2, 0) is 6.54 Å². The molecule has 1 aliphatic carbocycles. The maximum atomic E-state index is 9.28. The third kappa shape index (κ3) is 1.76. The average Bonchev–Trinajstić information content (AvgIpc) is 3.00. The monoisotopic (exact) mass is 217 g/mol. The van der Waals surface area contributed by atoms with Gasteiger partial charge in [-0.15, -0.1) is 0 Å². The van der Waals surface area contributed by atoms with Crippen LogP contribution in [0.1, 0.15) is 24.8 Å². The summed E-state index contributed by atoms with van der Waals surface area (Å²) in [5.41, 5.74) is 1.86. The Balaban J connectivity index is 1.71. The fourth-order valence-electron chi connectivity index (χ4n) is 3.06. The van der Waals surface area contributed by atoms with Crippen molar-refractivity contribution in [2.75, 3.05) is 13.2 Å². The fraction of sp³-hybridized carbons (Fsp3) is 0.571. The number of rotatable bonds is 3. The van der Waals surface area contributed by atoms with E-state index < -0.39 is 0 Å². The number of aliphatic hydroxyl groups excluding tert-OH is 1. The highest BCUT2D eigenvalue weighted by Crippen LogP contribution is 2.51. The first-order valence-electron chi connectivity index (χ1n) is 6.22. The second-order valence-electron chi connectivity index (χ2n) is 5.34. The van der Waals surface area contributed by atoms with Crippen molar-refractivity contribution in [3.63, 3.8) is 0 Å². The van der Waals surface area contributed by atoms with E-state index in [0.29, 0.717) is 18.1 Å². The third-order valence-corrected chi connectivity index (χ3v) is 4.12. The van der Waals surface area contributed by atoms with Gasteiger partial charge < -0.3 is 5.11 Å². The van der Waals surface area contributed by atoms with Crippen molar-refractivity contribution < 1.29 is 5.11 Å². The fourth-order valence-corrected chi connectivity index (χ4v) is 3.06. The lowest BCUT2D eigenvalue weighted by atomic mass is 10.1. The van der Waals surface area contributed by atoms with Gasteiger partial charge in [0.2, 0.25) is 0 Å². The van der Waals surface area contributed by atoms with Crippen LogP contribution in [0.2, 0.25) is 0 Å². The Morgan fingerprint density at radius 3 is 2.62 bits per heavy atom. The van der Waals surface area contributed by atoms with E-state index in [4.69, 9.17) is 0 Å². The number of nitrogens with zero attached hydrogens (tertiary/aromatic N) is 1. The van der Waals surface area contributed by atoms with E-state index in [1.54, 1.807) is 0 Å². The van der Waals surface area contributed by atoms with Gasteiger partial charge in [-0.05, 0) is 30.7 Å². The van der Waals surface area contributed by atoms with Gasteiger partial charge in [0.05, 0.1) is 0 Å². The van der Waals surface area contributed by atoms with Gasteiger partial charge in [-0.2, -0.15) is 0 Å². The molecule has 0 radical (unpaired) electrons. The number of aliphatic hydroxyl groups is 1. The molecule has 1 N–H and O–H groups in total. The van der Waals surface area contributed by atoms with Crippen LogP contribution >= 0.6 is 0 Å². The SMILES string of the molecule is OCC1CN(Cc2ccccc2)C2(CC2)C1. The van der Waals surface area contributed by atoms with Crippen LogP contribution in [0, 0.1) is 5.92 Å². The summed E-state index contributed by atoms with van der Waals surface area (Å²) in [6.07, 6.45) is 3.86. The maximum absolute atomic E-state index is 9.28. The van der Waals surface area contributed by atoms with Crippen LogP contribution in [0.15, 0.2) is 30.3 Å². The minimum atomic E-state index is 0.354. The van der Waals surface area contributed by atoms with Crippen LogP contribution in [-0.4, -0.2) is 28.7 Å². The predicted molar refractivity (Wildman–Crippen MR) is 64.0 cm³/mol. The number of benzene rings is 1.